The van der Waals surface area contributed by atoms with Gasteiger partial charge in [0.2, 0.25) is 5.88 Å². The van der Waals surface area contributed by atoms with Crippen LogP contribution in [0.2, 0.25) is 0 Å². The van der Waals surface area contributed by atoms with Gasteiger partial charge in [-0.25, -0.2) is 0 Å². The Morgan fingerprint density at radius 1 is 1.21 bits per heavy atom. The van der Waals surface area contributed by atoms with Crippen molar-refractivity contribution in [3.63, 3.8) is 0 Å². The second-order valence-corrected chi connectivity index (χ2v) is 6.60. The molecule has 1 aliphatic carbocycles. The Morgan fingerprint density at radius 3 is 2.67 bits per heavy atom. The van der Waals surface area contributed by atoms with Crippen LogP contribution in [0.15, 0.2) is 24.5 Å². The van der Waals surface area contributed by atoms with E-state index >= 15 is 0 Å². The van der Waals surface area contributed by atoms with Crippen molar-refractivity contribution in [2.24, 2.45) is 5.92 Å². The van der Waals surface area contributed by atoms with E-state index in [0.717, 1.165) is 31.6 Å². The number of hydrogen-bond donors (Lipinski definition) is 1. The molecule has 1 saturated heterocycles. The molecule has 0 aromatic carbocycles. The zero-order chi connectivity index (χ0) is 16.4. The largest absolute Gasteiger partial charge is 0.476 e. The summed E-state index contributed by atoms with van der Waals surface area (Å²) in [5.74, 6) is 1.70. The summed E-state index contributed by atoms with van der Waals surface area (Å²) >= 11 is 0. The number of piperidine rings is 1. The molecule has 0 unspecified atom stereocenters. The van der Waals surface area contributed by atoms with E-state index in [2.05, 4.69) is 20.4 Å². The average Bonchev–Trinajstić information content (AvgIpc) is 3.34. The number of hydrogen-bond acceptors (Lipinski definition) is 5. The molecular formula is C17H21N5O2. The van der Waals surface area contributed by atoms with Crippen molar-refractivity contribution < 1.29 is 9.53 Å². The molecule has 2 aromatic rings. The van der Waals surface area contributed by atoms with Crippen molar-refractivity contribution in [3.05, 3.63) is 35.8 Å². The molecule has 7 nitrogen and oxygen atoms in total. The second-order valence-electron chi connectivity index (χ2n) is 6.60. The van der Waals surface area contributed by atoms with Crippen LogP contribution in [0.25, 0.3) is 0 Å². The number of likely N-dealkylation sites (tertiary alicyclic amines) is 1. The van der Waals surface area contributed by atoms with Crippen LogP contribution in [-0.2, 0) is 0 Å². The Balaban J connectivity index is 1.23. The third-order valence-electron chi connectivity index (χ3n) is 4.77. The average molecular weight is 327 g/mol. The molecule has 0 bridgehead atoms. The Kier molecular flexibility index (Phi) is 4.15. The summed E-state index contributed by atoms with van der Waals surface area (Å²) in [5.41, 5.74) is 1.70. The van der Waals surface area contributed by atoms with Crippen LogP contribution < -0.4 is 4.74 Å². The Bertz CT molecular complexity index is 674. The lowest BCUT2D eigenvalue weighted by molar-refractivity contribution is 0.0659. The summed E-state index contributed by atoms with van der Waals surface area (Å²) < 4.78 is 5.78. The van der Waals surface area contributed by atoms with Crippen LogP contribution in [0.5, 0.6) is 5.88 Å². The standard InChI is InChI=1S/C17H21N5O2/c23-17(14-9-18-19-10-14)22-7-5-12(6-8-22)11-24-16-4-3-15(20-21-16)13-1-2-13/h3-4,9-10,12-13H,1-2,5-8,11H2,(H,18,19). The fourth-order valence-corrected chi connectivity index (χ4v) is 3.06. The van der Waals surface area contributed by atoms with E-state index in [-0.39, 0.29) is 5.91 Å². The molecular weight excluding hydrogens is 306 g/mol. The van der Waals surface area contributed by atoms with Crippen molar-refractivity contribution in [1.82, 2.24) is 25.3 Å². The van der Waals surface area contributed by atoms with Crippen LogP contribution in [-0.4, -0.2) is 50.9 Å². The summed E-state index contributed by atoms with van der Waals surface area (Å²) in [4.78, 5) is 14.1. The summed E-state index contributed by atoms with van der Waals surface area (Å²) in [5, 5.41) is 14.9. The van der Waals surface area contributed by atoms with E-state index in [1.54, 1.807) is 12.4 Å². The Hall–Kier alpha value is -2.44. The second kappa shape index (κ2) is 6.59. The predicted octanol–water partition coefficient (Wildman–Crippen LogP) is 2.01. The minimum absolute atomic E-state index is 0.0460. The molecule has 0 spiro atoms. The topological polar surface area (TPSA) is 84.0 Å². The Morgan fingerprint density at radius 2 is 2.04 bits per heavy atom. The molecule has 24 heavy (non-hydrogen) atoms. The van der Waals surface area contributed by atoms with E-state index in [4.69, 9.17) is 4.74 Å². The molecule has 2 aromatic heterocycles. The smallest absolute Gasteiger partial charge is 0.257 e. The van der Waals surface area contributed by atoms with Gasteiger partial charge in [0.1, 0.15) is 0 Å². The van der Waals surface area contributed by atoms with Gasteiger partial charge in [-0.1, -0.05) is 0 Å². The molecule has 0 atom stereocenters. The highest BCUT2D eigenvalue weighted by Crippen LogP contribution is 2.38. The highest BCUT2D eigenvalue weighted by atomic mass is 16.5. The van der Waals surface area contributed by atoms with Gasteiger partial charge in [-0.05, 0) is 37.7 Å². The molecule has 126 valence electrons. The fraction of sp³-hybridized carbons (Fsp3) is 0.529. The van der Waals surface area contributed by atoms with Gasteiger partial charge in [0.25, 0.3) is 5.91 Å². The zero-order valence-corrected chi connectivity index (χ0v) is 13.5. The molecule has 1 aliphatic heterocycles. The quantitative estimate of drug-likeness (QED) is 0.908. The Labute approximate surface area is 140 Å². The van der Waals surface area contributed by atoms with Gasteiger partial charge in [-0.2, -0.15) is 10.2 Å². The number of nitrogens with zero attached hydrogens (tertiary/aromatic N) is 4. The minimum atomic E-state index is 0.0460. The fourth-order valence-electron chi connectivity index (χ4n) is 3.06. The number of H-pyrrole nitrogens is 1. The maximum Gasteiger partial charge on any atom is 0.257 e. The van der Waals surface area contributed by atoms with Crippen molar-refractivity contribution in [2.45, 2.75) is 31.6 Å². The normalized spacial score (nSPS) is 18.6. The molecule has 4 rings (SSSR count). The predicted molar refractivity (Wildman–Crippen MR) is 86.7 cm³/mol. The number of aromatic amines is 1. The maximum absolute atomic E-state index is 12.3. The van der Waals surface area contributed by atoms with E-state index in [1.807, 2.05) is 17.0 Å². The van der Waals surface area contributed by atoms with Crippen LogP contribution in [0, 0.1) is 5.92 Å². The first kappa shape index (κ1) is 15.1. The van der Waals surface area contributed by atoms with Gasteiger partial charge in [0.05, 0.1) is 24.1 Å². The van der Waals surface area contributed by atoms with E-state index < -0.39 is 0 Å². The number of carbonyl (C=O) groups is 1. The zero-order valence-electron chi connectivity index (χ0n) is 13.5. The molecule has 2 aliphatic rings. The first-order valence-electron chi connectivity index (χ1n) is 8.54. The highest BCUT2D eigenvalue weighted by molar-refractivity contribution is 5.93. The SMILES string of the molecule is O=C(c1cn[nH]c1)N1CCC(COc2ccc(C3CC3)nn2)CC1. The monoisotopic (exact) mass is 327 g/mol. The summed E-state index contributed by atoms with van der Waals surface area (Å²) in [6.45, 7) is 2.14. The van der Waals surface area contributed by atoms with Gasteiger partial charge in [-0.15, -0.1) is 5.10 Å². The van der Waals surface area contributed by atoms with Gasteiger partial charge in [-0.3, -0.25) is 9.89 Å². The van der Waals surface area contributed by atoms with E-state index in [0.29, 0.717) is 29.9 Å². The van der Waals surface area contributed by atoms with Gasteiger partial charge in [0.15, 0.2) is 0 Å². The molecule has 1 N–H and O–H groups in total. The number of ether oxygens (including phenoxy) is 1. The number of aromatic nitrogens is 4. The van der Waals surface area contributed by atoms with E-state index in [9.17, 15) is 4.79 Å². The lowest BCUT2D eigenvalue weighted by Gasteiger charge is -2.31. The summed E-state index contributed by atoms with van der Waals surface area (Å²) in [7, 11) is 0. The number of rotatable bonds is 5. The lowest BCUT2D eigenvalue weighted by atomic mass is 9.97. The number of amides is 1. The van der Waals surface area contributed by atoms with Crippen LogP contribution in [0.3, 0.4) is 0 Å². The maximum atomic E-state index is 12.3. The van der Waals surface area contributed by atoms with Gasteiger partial charge < -0.3 is 9.64 Å². The van der Waals surface area contributed by atoms with Crippen molar-refractivity contribution in [2.75, 3.05) is 19.7 Å². The van der Waals surface area contributed by atoms with Crippen molar-refractivity contribution >= 4 is 5.91 Å². The molecule has 3 heterocycles. The van der Waals surface area contributed by atoms with Crippen molar-refractivity contribution in [1.29, 1.82) is 0 Å². The summed E-state index contributed by atoms with van der Waals surface area (Å²) in [6.07, 6.45) is 7.55. The summed E-state index contributed by atoms with van der Waals surface area (Å²) in [6, 6.07) is 3.93. The molecule has 7 heteroatoms. The van der Waals surface area contributed by atoms with Crippen LogP contribution in [0.1, 0.15) is 47.7 Å². The molecule has 0 radical (unpaired) electrons. The first-order valence-corrected chi connectivity index (χ1v) is 8.54. The van der Waals surface area contributed by atoms with E-state index in [1.165, 1.54) is 12.8 Å². The molecule has 2 fully saturated rings. The van der Waals surface area contributed by atoms with Crippen LogP contribution >= 0.6 is 0 Å². The number of carbonyl (C=O) groups excluding carboxylic acids is 1. The van der Waals surface area contributed by atoms with Crippen LogP contribution in [0.4, 0.5) is 0 Å². The molecule has 1 saturated carbocycles. The van der Waals surface area contributed by atoms with Gasteiger partial charge >= 0.3 is 0 Å². The third-order valence-corrected chi connectivity index (χ3v) is 4.77. The first-order chi connectivity index (χ1) is 11.8. The van der Waals surface area contributed by atoms with Gasteiger partial charge in [0, 0.05) is 31.3 Å². The number of nitrogens with one attached hydrogen (secondary N) is 1. The highest BCUT2D eigenvalue weighted by Gasteiger charge is 2.26. The lowest BCUT2D eigenvalue weighted by Crippen LogP contribution is -2.39. The van der Waals surface area contributed by atoms with Crippen molar-refractivity contribution in [3.8, 4) is 5.88 Å². The third kappa shape index (κ3) is 3.39. The minimum Gasteiger partial charge on any atom is -0.476 e. The molecule has 1 amide bonds.